The zero-order valence-corrected chi connectivity index (χ0v) is 24.1. The Hall–Kier alpha value is -5.86. The first-order valence-electron chi connectivity index (χ1n) is 14.9. The van der Waals surface area contributed by atoms with E-state index in [-0.39, 0.29) is 0 Å². The van der Waals surface area contributed by atoms with Gasteiger partial charge in [-0.25, -0.2) is 0 Å². The predicted octanol–water partition coefficient (Wildman–Crippen LogP) is 12.1. The van der Waals surface area contributed by atoms with Crippen LogP contribution in [0.4, 0.5) is 17.1 Å². The molecular formula is C42H29NO. The maximum Gasteiger partial charge on any atom is 0.136 e. The summed E-state index contributed by atoms with van der Waals surface area (Å²) in [5.74, 6) is 0.878. The van der Waals surface area contributed by atoms with E-state index in [1.54, 1.807) is 0 Å². The first-order valence-corrected chi connectivity index (χ1v) is 14.9. The molecule has 0 atom stereocenters. The number of anilines is 3. The van der Waals surface area contributed by atoms with Crippen LogP contribution < -0.4 is 4.90 Å². The maximum absolute atomic E-state index is 6.25. The topological polar surface area (TPSA) is 16.4 Å². The Morgan fingerprint density at radius 1 is 0.364 bits per heavy atom. The van der Waals surface area contributed by atoms with Crippen LogP contribution in [0.2, 0.25) is 0 Å². The van der Waals surface area contributed by atoms with Gasteiger partial charge in [0, 0.05) is 28.0 Å². The molecule has 2 heteroatoms. The van der Waals surface area contributed by atoms with Crippen LogP contribution in [0.3, 0.4) is 0 Å². The third-order valence-corrected chi connectivity index (χ3v) is 8.30. The third-order valence-electron chi connectivity index (χ3n) is 8.30. The summed E-state index contributed by atoms with van der Waals surface area (Å²) in [4.78, 5) is 2.31. The van der Waals surface area contributed by atoms with E-state index in [9.17, 15) is 0 Å². The van der Waals surface area contributed by atoms with Gasteiger partial charge in [-0.3, -0.25) is 0 Å². The first-order chi connectivity index (χ1) is 21.8. The minimum absolute atomic E-state index is 0.878. The van der Waals surface area contributed by atoms with Crippen molar-refractivity contribution in [3.8, 4) is 33.6 Å². The van der Waals surface area contributed by atoms with E-state index < -0.39 is 0 Å². The van der Waals surface area contributed by atoms with E-state index in [2.05, 4.69) is 163 Å². The number of hydrogen-bond donors (Lipinski definition) is 0. The summed E-state index contributed by atoms with van der Waals surface area (Å²) >= 11 is 0. The van der Waals surface area contributed by atoms with Crippen LogP contribution in [0.5, 0.6) is 0 Å². The highest BCUT2D eigenvalue weighted by Gasteiger charge is 2.15. The van der Waals surface area contributed by atoms with Crippen LogP contribution in [-0.4, -0.2) is 0 Å². The molecule has 0 saturated heterocycles. The Balaban J connectivity index is 1.16. The van der Waals surface area contributed by atoms with Crippen LogP contribution in [-0.2, 0) is 0 Å². The zero-order valence-electron chi connectivity index (χ0n) is 24.1. The van der Waals surface area contributed by atoms with Gasteiger partial charge in [-0.1, -0.05) is 127 Å². The van der Waals surface area contributed by atoms with Gasteiger partial charge in [0.25, 0.3) is 0 Å². The van der Waals surface area contributed by atoms with Gasteiger partial charge in [-0.15, -0.1) is 0 Å². The summed E-state index contributed by atoms with van der Waals surface area (Å²) in [6.45, 7) is 0. The van der Waals surface area contributed by atoms with Crippen molar-refractivity contribution in [2.24, 2.45) is 0 Å². The molecule has 0 unspecified atom stereocenters. The van der Waals surface area contributed by atoms with Gasteiger partial charge in [-0.05, 0) is 81.6 Å². The minimum atomic E-state index is 0.878. The molecule has 8 aromatic rings. The fourth-order valence-corrected chi connectivity index (χ4v) is 6.15. The molecule has 0 amide bonds. The number of hydrogen-bond acceptors (Lipinski definition) is 2. The van der Waals surface area contributed by atoms with Crippen LogP contribution in [0.1, 0.15) is 0 Å². The van der Waals surface area contributed by atoms with Crippen LogP contribution in [0, 0.1) is 0 Å². The molecule has 0 fully saturated rings. The van der Waals surface area contributed by atoms with Crippen molar-refractivity contribution in [2.75, 3.05) is 4.90 Å². The minimum Gasteiger partial charge on any atom is -0.456 e. The largest absolute Gasteiger partial charge is 0.456 e. The highest BCUT2D eigenvalue weighted by atomic mass is 16.3. The third kappa shape index (κ3) is 4.73. The number of benzene rings is 7. The van der Waals surface area contributed by atoms with E-state index >= 15 is 0 Å². The molecular weight excluding hydrogens is 534 g/mol. The molecule has 0 spiro atoms. The molecule has 7 aromatic carbocycles. The smallest absolute Gasteiger partial charge is 0.136 e. The predicted molar refractivity (Wildman–Crippen MR) is 185 cm³/mol. The summed E-state index contributed by atoms with van der Waals surface area (Å²) in [6, 6.07) is 62.1. The van der Waals surface area contributed by atoms with Gasteiger partial charge in [0.1, 0.15) is 11.3 Å². The Bertz CT molecular complexity index is 2170. The van der Waals surface area contributed by atoms with Crippen LogP contribution in [0.15, 0.2) is 180 Å². The standard InChI is InChI=1S/C42H29NO/c1-2-14-34(15-3-1)43(35-25-21-31(22-26-35)38-19-10-13-30-11-4-6-16-37(30)38)36-27-23-32(24-28-36)39-17-7-8-18-40(39)42-29-33-12-5-9-20-41(33)44-42/h1-29H. The van der Waals surface area contributed by atoms with Crippen molar-refractivity contribution in [1.82, 2.24) is 0 Å². The number of para-hydroxylation sites is 2. The lowest BCUT2D eigenvalue weighted by Gasteiger charge is -2.26. The fourth-order valence-electron chi connectivity index (χ4n) is 6.15. The molecule has 0 aliphatic carbocycles. The van der Waals surface area contributed by atoms with Gasteiger partial charge >= 0.3 is 0 Å². The van der Waals surface area contributed by atoms with Crippen LogP contribution >= 0.6 is 0 Å². The van der Waals surface area contributed by atoms with Crippen LogP contribution in [0.25, 0.3) is 55.3 Å². The average molecular weight is 564 g/mol. The Morgan fingerprint density at radius 2 is 0.886 bits per heavy atom. The summed E-state index contributed by atoms with van der Waals surface area (Å²) in [7, 11) is 0. The molecule has 8 rings (SSSR count). The molecule has 0 aliphatic heterocycles. The van der Waals surface area contributed by atoms with E-state index in [0.717, 1.165) is 50.5 Å². The lowest BCUT2D eigenvalue weighted by atomic mass is 9.97. The van der Waals surface area contributed by atoms with Crippen molar-refractivity contribution in [3.63, 3.8) is 0 Å². The van der Waals surface area contributed by atoms with E-state index in [1.165, 1.54) is 21.9 Å². The lowest BCUT2D eigenvalue weighted by molar-refractivity contribution is 0.632. The summed E-state index contributed by atoms with van der Waals surface area (Å²) in [6.07, 6.45) is 0. The molecule has 0 aliphatic rings. The van der Waals surface area contributed by atoms with Gasteiger partial charge < -0.3 is 9.32 Å². The first kappa shape index (κ1) is 25.8. The molecule has 0 radical (unpaired) electrons. The molecule has 0 saturated carbocycles. The number of fused-ring (bicyclic) bond motifs is 2. The Morgan fingerprint density at radius 3 is 1.61 bits per heavy atom. The SMILES string of the molecule is c1ccc(N(c2ccc(-c3ccccc3-c3cc4ccccc4o3)cc2)c2ccc(-c3cccc4ccccc34)cc2)cc1. The average Bonchev–Trinajstić information content (AvgIpc) is 3.54. The highest BCUT2D eigenvalue weighted by molar-refractivity contribution is 5.97. The molecule has 1 heterocycles. The lowest BCUT2D eigenvalue weighted by Crippen LogP contribution is -2.09. The normalized spacial score (nSPS) is 11.2. The van der Waals surface area contributed by atoms with Gasteiger partial charge in [0.15, 0.2) is 0 Å². The van der Waals surface area contributed by atoms with Crippen molar-refractivity contribution >= 4 is 38.8 Å². The molecule has 44 heavy (non-hydrogen) atoms. The van der Waals surface area contributed by atoms with E-state index in [4.69, 9.17) is 4.42 Å². The quantitative estimate of drug-likeness (QED) is 0.200. The molecule has 2 nitrogen and oxygen atoms in total. The van der Waals surface area contributed by atoms with E-state index in [0.29, 0.717) is 0 Å². The molecule has 208 valence electrons. The summed E-state index contributed by atoms with van der Waals surface area (Å²) < 4.78 is 6.25. The number of nitrogens with zero attached hydrogens (tertiary/aromatic N) is 1. The highest BCUT2D eigenvalue weighted by Crippen LogP contribution is 2.39. The fraction of sp³-hybridized carbons (Fsp3) is 0. The summed E-state index contributed by atoms with van der Waals surface area (Å²) in [5, 5.41) is 3.63. The Labute approximate surface area is 257 Å². The molecule has 0 N–H and O–H groups in total. The second-order valence-electron chi connectivity index (χ2n) is 11.0. The van der Waals surface area contributed by atoms with Crippen molar-refractivity contribution in [2.45, 2.75) is 0 Å². The number of rotatable bonds is 6. The zero-order chi connectivity index (χ0) is 29.3. The van der Waals surface area contributed by atoms with Gasteiger partial charge in [-0.2, -0.15) is 0 Å². The van der Waals surface area contributed by atoms with Gasteiger partial charge in [0.2, 0.25) is 0 Å². The van der Waals surface area contributed by atoms with Gasteiger partial charge in [0.05, 0.1) is 0 Å². The molecule has 1 aromatic heterocycles. The second-order valence-corrected chi connectivity index (χ2v) is 11.0. The van der Waals surface area contributed by atoms with E-state index in [1.807, 2.05) is 18.2 Å². The van der Waals surface area contributed by atoms with Crippen molar-refractivity contribution in [1.29, 1.82) is 0 Å². The monoisotopic (exact) mass is 563 g/mol. The molecule has 0 bridgehead atoms. The van der Waals surface area contributed by atoms with Crippen molar-refractivity contribution < 1.29 is 4.42 Å². The summed E-state index contributed by atoms with van der Waals surface area (Å²) in [5.41, 5.74) is 10.0. The number of furan rings is 1. The van der Waals surface area contributed by atoms with Crippen molar-refractivity contribution in [3.05, 3.63) is 176 Å². The Kier molecular flexibility index (Phi) is 6.51. The maximum atomic E-state index is 6.25. The second kappa shape index (κ2) is 11.1.